The maximum absolute atomic E-state index is 13.2. The summed E-state index contributed by atoms with van der Waals surface area (Å²) < 4.78 is 23.6. The molecule has 0 aliphatic carbocycles. The van der Waals surface area contributed by atoms with Crippen LogP contribution in [0.3, 0.4) is 0 Å². The number of alkyl halides is 1. The quantitative estimate of drug-likeness (QED) is 0.501. The van der Waals surface area contributed by atoms with E-state index in [1.807, 2.05) is 48.5 Å². The summed E-state index contributed by atoms with van der Waals surface area (Å²) in [6, 6.07) is 18.5. The van der Waals surface area contributed by atoms with Crippen molar-refractivity contribution in [2.45, 2.75) is 12.3 Å². The topological polar surface area (TPSA) is 55.8 Å². The number of amides is 1. The molecule has 2 rings (SSSR count). The highest BCUT2D eigenvalue weighted by Crippen LogP contribution is 2.61. The second-order valence-corrected chi connectivity index (χ2v) is 7.90. The molecular weight excluding hydrogens is 361 g/mol. The number of nitrogens with zero attached hydrogens (tertiary/aromatic N) is 1. The highest BCUT2D eigenvalue weighted by molar-refractivity contribution is 7.54. The molecule has 0 aliphatic heterocycles. The lowest BCUT2D eigenvalue weighted by molar-refractivity contribution is -0.130. The average molecular weight is 382 g/mol. The Labute approximate surface area is 153 Å². The molecule has 5 nitrogen and oxygen atoms in total. The zero-order chi connectivity index (χ0) is 18.3. The molecule has 0 spiro atoms. The van der Waals surface area contributed by atoms with Crippen LogP contribution in [0, 0.1) is 0 Å². The van der Waals surface area contributed by atoms with E-state index < -0.39 is 13.4 Å². The van der Waals surface area contributed by atoms with Gasteiger partial charge < -0.3 is 13.9 Å². The van der Waals surface area contributed by atoms with Gasteiger partial charge in [-0.25, -0.2) is 0 Å². The summed E-state index contributed by atoms with van der Waals surface area (Å²) in [6.07, 6.45) is 0. The molecule has 0 aliphatic rings. The Balaban J connectivity index is 2.53. The first-order valence-corrected chi connectivity index (χ1v) is 9.86. The molecule has 0 aromatic heterocycles. The van der Waals surface area contributed by atoms with Crippen molar-refractivity contribution in [1.29, 1.82) is 0 Å². The SMILES string of the molecule is COP(=O)(OC)C(c1ccccc1)N(Cc1ccccc1)C(=O)CCl. The van der Waals surface area contributed by atoms with Crippen LogP contribution < -0.4 is 0 Å². The van der Waals surface area contributed by atoms with Crippen molar-refractivity contribution in [2.24, 2.45) is 0 Å². The summed E-state index contributed by atoms with van der Waals surface area (Å²) in [7, 11) is -1.00. The van der Waals surface area contributed by atoms with Crippen molar-refractivity contribution in [2.75, 3.05) is 20.1 Å². The zero-order valence-corrected chi connectivity index (χ0v) is 15.8. The smallest absolute Gasteiger partial charge is 0.319 e. The number of carbonyl (C=O) groups excluding carboxylic acids is 1. The van der Waals surface area contributed by atoms with E-state index in [-0.39, 0.29) is 18.3 Å². The number of benzene rings is 2. The van der Waals surface area contributed by atoms with Gasteiger partial charge in [-0.1, -0.05) is 60.7 Å². The molecule has 0 heterocycles. The van der Waals surface area contributed by atoms with Crippen LogP contribution in [0.2, 0.25) is 0 Å². The molecular formula is C18H21ClNO4P. The van der Waals surface area contributed by atoms with Crippen molar-refractivity contribution in [1.82, 2.24) is 4.90 Å². The molecule has 0 radical (unpaired) electrons. The van der Waals surface area contributed by atoms with Crippen LogP contribution in [-0.4, -0.2) is 30.9 Å². The van der Waals surface area contributed by atoms with Crippen molar-refractivity contribution < 1.29 is 18.4 Å². The van der Waals surface area contributed by atoms with Gasteiger partial charge in [-0.15, -0.1) is 11.6 Å². The predicted molar refractivity (Wildman–Crippen MR) is 98.5 cm³/mol. The summed E-state index contributed by atoms with van der Waals surface area (Å²) in [5, 5.41) is 0. The van der Waals surface area contributed by atoms with E-state index in [4.69, 9.17) is 20.6 Å². The van der Waals surface area contributed by atoms with Gasteiger partial charge >= 0.3 is 7.60 Å². The van der Waals surface area contributed by atoms with Gasteiger partial charge in [-0.05, 0) is 11.1 Å². The molecule has 0 bridgehead atoms. The minimum absolute atomic E-state index is 0.233. The van der Waals surface area contributed by atoms with E-state index in [1.165, 1.54) is 19.1 Å². The molecule has 0 fully saturated rings. The monoisotopic (exact) mass is 381 g/mol. The summed E-state index contributed by atoms with van der Waals surface area (Å²) in [5.74, 6) is -1.48. The number of hydrogen-bond donors (Lipinski definition) is 0. The number of carbonyl (C=O) groups is 1. The maximum atomic E-state index is 13.2. The molecule has 0 saturated carbocycles. The van der Waals surface area contributed by atoms with Crippen molar-refractivity contribution in [3.63, 3.8) is 0 Å². The van der Waals surface area contributed by atoms with E-state index in [0.29, 0.717) is 5.56 Å². The van der Waals surface area contributed by atoms with Gasteiger partial charge in [0.2, 0.25) is 5.91 Å². The molecule has 1 amide bonds. The predicted octanol–water partition coefficient (Wildman–Crippen LogP) is 4.44. The summed E-state index contributed by atoms with van der Waals surface area (Å²) in [4.78, 5) is 14.0. The van der Waals surface area contributed by atoms with Crippen LogP contribution in [-0.2, 0) is 25.0 Å². The average Bonchev–Trinajstić information content (AvgIpc) is 2.68. The lowest BCUT2D eigenvalue weighted by Crippen LogP contribution is -2.35. The fourth-order valence-electron chi connectivity index (χ4n) is 2.60. The first-order valence-electron chi connectivity index (χ1n) is 7.71. The summed E-state index contributed by atoms with van der Waals surface area (Å²) >= 11 is 5.82. The summed E-state index contributed by atoms with van der Waals surface area (Å²) in [6.45, 7) is 0.239. The van der Waals surface area contributed by atoms with Gasteiger partial charge in [-0.2, -0.15) is 0 Å². The van der Waals surface area contributed by atoms with Crippen LogP contribution in [0.15, 0.2) is 60.7 Å². The Morgan fingerprint density at radius 3 is 2.04 bits per heavy atom. The summed E-state index contributed by atoms with van der Waals surface area (Å²) in [5.41, 5.74) is 1.55. The first kappa shape index (κ1) is 19.7. The lowest BCUT2D eigenvalue weighted by atomic mass is 10.1. The van der Waals surface area contributed by atoms with Gasteiger partial charge in [0, 0.05) is 20.8 Å². The van der Waals surface area contributed by atoms with E-state index in [9.17, 15) is 9.36 Å². The van der Waals surface area contributed by atoms with Gasteiger partial charge in [-0.3, -0.25) is 9.36 Å². The normalized spacial score (nSPS) is 12.6. The third kappa shape index (κ3) is 4.71. The van der Waals surface area contributed by atoms with E-state index in [0.717, 1.165) is 5.56 Å². The molecule has 0 N–H and O–H groups in total. The zero-order valence-electron chi connectivity index (χ0n) is 14.2. The molecule has 2 aromatic rings. The van der Waals surface area contributed by atoms with Gasteiger partial charge in [0.05, 0.1) is 0 Å². The fraction of sp³-hybridized carbons (Fsp3) is 0.278. The number of halogens is 1. The standard InChI is InChI=1S/C18H21ClNO4P/c1-23-25(22,24-2)18(16-11-7-4-8-12-16)20(17(21)13-19)14-15-9-5-3-6-10-15/h3-12,18H,13-14H2,1-2H3. The maximum Gasteiger partial charge on any atom is 0.357 e. The fourth-order valence-corrected chi connectivity index (χ4v) is 4.39. The van der Waals surface area contributed by atoms with Crippen LogP contribution in [0.25, 0.3) is 0 Å². The largest absolute Gasteiger partial charge is 0.357 e. The third-order valence-electron chi connectivity index (χ3n) is 3.83. The van der Waals surface area contributed by atoms with Crippen molar-refractivity contribution in [3.05, 3.63) is 71.8 Å². The number of rotatable bonds is 8. The van der Waals surface area contributed by atoms with Crippen molar-refractivity contribution >= 4 is 25.1 Å². The second kappa shape index (κ2) is 9.16. The van der Waals surface area contributed by atoms with Crippen molar-refractivity contribution in [3.8, 4) is 0 Å². The lowest BCUT2D eigenvalue weighted by Gasteiger charge is -2.35. The van der Waals surface area contributed by atoms with E-state index >= 15 is 0 Å². The molecule has 2 aromatic carbocycles. The minimum atomic E-state index is -3.63. The molecule has 0 saturated heterocycles. The Morgan fingerprint density at radius 1 is 1.04 bits per heavy atom. The van der Waals surface area contributed by atoms with Gasteiger partial charge in [0.1, 0.15) is 5.88 Å². The molecule has 1 unspecified atom stereocenters. The first-order chi connectivity index (χ1) is 12.1. The Hall–Kier alpha value is -1.65. The van der Waals surface area contributed by atoms with Gasteiger partial charge in [0.15, 0.2) is 5.78 Å². The molecule has 25 heavy (non-hydrogen) atoms. The number of hydrogen-bond acceptors (Lipinski definition) is 4. The molecule has 7 heteroatoms. The van der Waals surface area contributed by atoms with E-state index in [2.05, 4.69) is 0 Å². The van der Waals surface area contributed by atoms with Crippen LogP contribution in [0.5, 0.6) is 0 Å². The Bertz CT molecular complexity index is 718. The Morgan fingerprint density at radius 2 is 1.56 bits per heavy atom. The highest BCUT2D eigenvalue weighted by Gasteiger charge is 2.42. The van der Waals surface area contributed by atoms with Gasteiger partial charge in [0.25, 0.3) is 0 Å². The van der Waals surface area contributed by atoms with E-state index in [1.54, 1.807) is 12.1 Å². The highest BCUT2D eigenvalue weighted by atomic mass is 35.5. The molecule has 134 valence electrons. The second-order valence-electron chi connectivity index (χ2n) is 5.33. The van der Waals surface area contributed by atoms with Crippen LogP contribution in [0.4, 0.5) is 0 Å². The van der Waals surface area contributed by atoms with Crippen LogP contribution in [0.1, 0.15) is 16.9 Å². The third-order valence-corrected chi connectivity index (χ3v) is 6.25. The Kier molecular flexibility index (Phi) is 7.21. The minimum Gasteiger partial charge on any atom is -0.319 e. The van der Waals surface area contributed by atoms with Crippen LogP contribution >= 0.6 is 19.2 Å². The molecule has 1 atom stereocenters.